The molecule has 9 nitrogen and oxygen atoms in total. The minimum atomic E-state index is -2.84. The lowest BCUT2D eigenvalue weighted by molar-refractivity contribution is 0.0429. The van der Waals surface area contributed by atoms with Gasteiger partial charge < -0.3 is 14.0 Å². The van der Waals surface area contributed by atoms with Gasteiger partial charge in [0.2, 0.25) is 7.37 Å². The molecule has 1 aromatic heterocycles. The van der Waals surface area contributed by atoms with E-state index in [9.17, 15) is 14.2 Å². The largest absolute Gasteiger partial charge is 0.443 e. The van der Waals surface area contributed by atoms with Crippen LogP contribution in [0.5, 0.6) is 0 Å². The predicted octanol–water partition coefficient (Wildman–Crippen LogP) is 6.13. The number of imide groups is 1. The maximum absolute atomic E-state index is 15.2. The number of aromatic nitrogens is 2. The van der Waals surface area contributed by atoms with E-state index in [2.05, 4.69) is 5.10 Å². The van der Waals surface area contributed by atoms with Crippen molar-refractivity contribution >= 4 is 25.2 Å². The van der Waals surface area contributed by atoms with Gasteiger partial charge in [-0.25, -0.2) is 18.7 Å². The number of hydrogen-bond donors (Lipinski definition) is 0. The molecule has 0 saturated heterocycles. The Morgan fingerprint density at radius 3 is 2.09 bits per heavy atom. The Morgan fingerprint density at radius 1 is 1.06 bits per heavy atom. The first-order valence-electron chi connectivity index (χ1n) is 10.8. The van der Waals surface area contributed by atoms with Gasteiger partial charge in [-0.05, 0) is 66.7 Å². The van der Waals surface area contributed by atoms with Crippen molar-refractivity contribution in [2.24, 2.45) is 0 Å². The van der Waals surface area contributed by atoms with Crippen molar-refractivity contribution in [2.45, 2.75) is 65.8 Å². The minimum Gasteiger partial charge on any atom is -0.443 e. The lowest BCUT2D eigenvalue weighted by atomic mass is 10.2. The van der Waals surface area contributed by atoms with E-state index in [0.29, 0.717) is 22.9 Å². The van der Waals surface area contributed by atoms with Crippen molar-refractivity contribution in [1.29, 1.82) is 0 Å². The fourth-order valence-corrected chi connectivity index (χ4v) is 4.30. The van der Waals surface area contributed by atoms with Crippen LogP contribution in [-0.2, 0) is 24.7 Å². The zero-order valence-electron chi connectivity index (χ0n) is 20.9. The summed E-state index contributed by atoms with van der Waals surface area (Å²) >= 11 is 0. The summed E-state index contributed by atoms with van der Waals surface area (Å²) in [5, 5.41) is 4.33. The molecule has 188 valence electrons. The third-order valence-corrected chi connectivity index (χ3v) is 5.79. The molecule has 34 heavy (non-hydrogen) atoms. The number of anilines is 1. The maximum Gasteiger partial charge on any atom is 0.424 e. The summed E-state index contributed by atoms with van der Waals surface area (Å²) in [7, 11) is -2.84. The van der Waals surface area contributed by atoms with Gasteiger partial charge in [0.15, 0.2) is 0 Å². The second-order valence-electron chi connectivity index (χ2n) is 9.77. The van der Waals surface area contributed by atoms with E-state index < -0.39 is 36.6 Å². The number of carbonyl (C=O) groups excluding carboxylic acids is 2. The summed E-state index contributed by atoms with van der Waals surface area (Å²) in [6, 6.07) is 5.55. The molecule has 2 aromatic rings. The number of amides is 2. The van der Waals surface area contributed by atoms with Crippen LogP contribution < -0.4 is 4.90 Å². The highest BCUT2D eigenvalue weighted by atomic mass is 31.2. The molecule has 0 radical (unpaired) electrons. The fraction of sp³-hybridized carbons (Fsp3) is 0.522. The van der Waals surface area contributed by atoms with Crippen LogP contribution >= 0.6 is 7.37 Å². The third kappa shape index (κ3) is 7.95. The summed E-state index contributed by atoms with van der Waals surface area (Å²) < 4.78 is 44.9. The van der Waals surface area contributed by atoms with Crippen LogP contribution in [0.4, 0.5) is 19.7 Å². The topological polar surface area (TPSA) is 100.0 Å². The van der Waals surface area contributed by atoms with Crippen LogP contribution in [0.1, 0.15) is 54.2 Å². The Kier molecular flexibility index (Phi) is 8.32. The zero-order valence-corrected chi connectivity index (χ0v) is 21.8. The standard InChI is InChI=1S/C23H33FN3O6P/c1-9-31-34(8,30)15-16-12-13-26(25-16)17-10-11-19(18(24)14-17)27(20(28)32-22(2,3)4)21(29)33-23(5,6)7/h10-14H,9,15H2,1-8H3. The molecular formula is C23H33FN3O6P. The van der Waals surface area contributed by atoms with Gasteiger partial charge in [0.05, 0.1) is 29.8 Å². The van der Waals surface area contributed by atoms with Gasteiger partial charge in [-0.2, -0.15) is 10.00 Å². The van der Waals surface area contributed by atoms with Gasteiger partial charge >= 0.3 is 12.2 Å². The van der Waals surface area contributed by atoms with Crippen molar-refractivity contribution in [3.63, 3.8) is 0 Å². The number of carbonyl (C=O) groups is 2. The Bertz CT molecular complexity index is 1060. The number of halogens is 1. The monoisotopic (exact) mass is 497 g/mol. The highest BCUT2D eigenvalue weighted by Gasteiger charge is 2.34. The molecule has 0 aliphatic carbocycles. The van der Waals surface area contributed by atoms with E-state index in [-0.39, 0.29) is 11.8 Å². The molecule has 1 unspecified atom stereocenters. The summed E-state index contributed by atoms with van der Waals surface area (Å²) in [5.41, 5.74) is -1.30. The highest BCUT2D eigenvalue weighted by molar-refractivity contribution is 7.57. The molecule has 0 fully saturated rings. The minimum absolute atomic E-state index is 0.138. The average molecular weight is 498 g/mol. The van der Waals surface area contributed by atoms with E-state index in [0.717, 1.165) is 6.07 Å². The molecule has 0 bridgehead atoms. The third-order valence-electron chi connectivity index (χ3n) is 4.08. The first-order chi connectivity index (χ1) is 15.5. The van der Waals surface area contributed by atoms with E-state index in [1.54, 1.807) is 60.7 Å². The second kappa shape index (κ2) is 10.3. The zero-order chi connectivity index (χ0) is 25.9. The summed E-state index contributed by atoms with van der Waals surface area (Å²) in [4.78, 5) is 26.1. The molecular weight excluding hydrogens is 464 g/mol. The van der Waals surface area contributed by atoms with Crippen molar-refractivity contribution in [3.05, 3.63) is 42.0 Å². The summed E-state index contributed by atoms with van der Waals surface area (Å²) in [5.74, 6) is -0.859. The van der Waals surface area contributed by atoms with E-state index in [4.69, 9.17) is 14.0 Å². The molecule has 1 atom stereocenters. The molecule has 11 heteroatoms. The van der Waals surface area contributed by atoms with Crippen LogP contribution in [0.25, 0.3) is 5.69 Å². The molecule has 0 aliphatic rings. The average Bonchev–Trinajstić information content (AvgIpc) is 3.07. The summed E-state index contributed by atoms with van der Waals surface area (Å²) in [6.07, 6.45) is -0.400. The van der Waals surface area contributed by atoms with E-state index in [1.807, 2.05) is 0 Å². The van der Waals surface area contributed by atoms with Crippen LogP contribution in [-0.4, -0.2) is 46.4 Å². The number of benzene rings is 1. The molecule has 0 aliphatic heterocycles. The van der Waals surface area contributed by atoms with E-state index >= 15 is 4.39 Å². The van der Waals surface area contributed by atoms with Crippen LogP contribution in [0.2, 0.25) is 0 Å². The van der Waals surface area contributed by atoms with Crippen molar-refractivity contribution in [1.82, 2.24) is 9.78 Å². The van der Waals surface area contributed by atoms with Crippen molar-refractivity contribution < 1.29 is 32.5 Å². The van der Waals surface area contributed by atoms with Crippen LogP contribution in [0.15, 0.2) is 30.5 Å². The molecule has 0 N–H and O–H groups in total. The van der Waals surface area contributed by atoms with Crippen molar-refractivity contribution in [3.8, 4) is 5.69 Å². The van der Waals surface area contributed by atoms with Gasteiger partial charge in [0, 0.05) is 18.9 Å². The quantitative estimate of drug-likeness (QED) is 0.443. The van der Waals surface area contributed by atoms with Crippen LogP contribution in [0, 0.1) is 5.82 Å². The lowest BCUT2D eigenvalue weighted by Crippen LogP contribution is -2.44. The fourth-order valence-electron chi connectivity index (χ4n) is 2.91. The van der Waals surface area contributed by atoms with Gasteiger partial charge in [-0.3, -0.25) is 4.57 Å². The van der Waals surface area contributed by atoms with Gasteiger partial charge in [0.25, 0.3) is 0 Å². The molecule has 2 rings (SSSR count). The summed E-state index contributed by atoms with van der Waals surface area (Å²) in [6.45, 7) is 13.4. The highest BCUT2D eigenvalue weighted by Crippen LogP contribution is 2.45. The Hall–Kier alpha value is -2.71. The van der Waals surface area contributed by atoms with Crippen molar-refractivity contribution in [2.75, 3.05) is 18.2 Å². The van der Waals surface area contributed by atoms with Gasteiger partial charge in [-0.15, -0.1) is 0 Å². The Morgan fingerprint density at radius 2 is 1.62 bits per heavy atom. The molecule has 0 spiro atoms. The Balaban J connectivity index is 2.38. The smallest absolute Gasteiger partial charge is 0.424 e. The van der Waals surface area contributed by atoms with Crippen LogP contribution in [0.3, 0.4) is 0 Å². The molecule has 2 amide bonds. The van der Waals surface area contributed by atoms with Gasteiger partial charge in [0.1, 0.15) is 17.0 Å². The van der Waals surface area contributed by atoms with E-state index in [1.165, 1.54) is 23.5 Å². The van der Waals surface area contributed by atoms with Gasteiger partial charge in [-0.1, -0.05) is 0 Å². The first kappa shape index (κ1) is 27.5. The number of rotatable bonds is 6. The molecule has 1 heterocycles. The second-order valence-corrected chi connectivity index (χ2v) is 12.4. The number of nitrogens with zero attached hydrogens (tertiary/aromatic N) is 3. The normalized spacial score (nSPS) is 13.8. The molecule has 0 saturated carbocycles. The number of ether oxygens (including phenoxy) is 2. The first-order valence-corrected chi connectivity index (χ1v) is 13.1. The molecule has 1 aromatic carbocycles. The lowest BCUT2D eigenvalue weighted by Gasteiger charge is -2.28. The predicted molar refractivity (Wildman–Crippen MR) is 127 cm³/mol. The Labute approximate surface area is 199 Å². The number of hydrogen-bond acceptors (Lipinski definition) is 7. The maximum atomic E-state index is 15.2. The SMILES string of the molecule is CCOP(C)(=O)Cc1ccn(-c2ccc(N(C(=O)OC(C)(C)C)C(=O)OC(C)(C)C)c(F)c2)n1.